The summed E-state index contributed by atoms with van der Waals surface area (Å²) in [6.07, 6.45) is 9.99. The van der Waals surface area contributed by atoms with E-state index >= 15 is 0 Å². The van der Waals surface area contributed by atoms with E-state index in [2.05, 4.69) is 48.4 Å². The van der Waals surface area contributed by atoms with Crippen LogP contribution in [0.5, 0.6) is 0 Å². The zero-order valence-corrected chi connectivity index (χ0v) is 21.0. The number of aliphatic imine (C=N–C) groups is 1. The van der Waals surface area contributed by atoms with Crippen LogP contribution in [0.15, 0.2) is 41.5 Å². The molecule has 1 unspecified atom stereocenters. The number of nitrogens with one attached hydrogen (secondary N) is 4. The van der Waals surface area contributed by atoms with E-state index in [-0.39, 0.29) is 34.6 Å². The van der Waals surface area contributed by atoms with Gasteiger partial charge in [-0.05, 0) is 68.4 Å². The Kier molecular flexibility index (Phi) is 5.56. The van der Waals surface area contributed by atoms with Gasteiger partial charge in [0.1, 0.15) is 22.8 Å². The molecule has 2 aliphatic heterocycles. The summed E-state index contributed by atoms with van der Waals surface area (Å²) in [7, 11) is 0. The molecule has 2 fully saturated rings. The summed E-state index contributed by atoms with van der Waals surface area (Å²) in [5, 5.41) is 13.0. The van der Waals surface area contributed by atoms with Crippen LogP contribution in [0.25, 0.3) is 0 Å². The van der Waals surface area contributed by atoms with Crippen LogP contribution in [0.2, 0.25) is 0 Å². The molecule has 4 aliphatic rings. The average Bonchev–Trinajstić information content (AvgIpc) is 3.77. The minimum absolute atomic E-state index is 0.148. The van der Waals surface area contributed by atoms with Gasteiger partial charge in [0.2, 0.25) is 5.95 Å². The molecule has 1 aromatic carbocycles. The van der Waals surface area contributed by atoms with Crippen molar-refractivity contribution in [3.05, 3.63) is 53.2 Å². The number of nitrogens with zero attached hydrogens (tertiary/aromatic N) is 3. The van der Waals surface area contributed by atoms with Crippen molar-refractivity contribution in [3.63, 3.8) is 0 Å². The highest BCUT2D eigenvalue weighted by atomic mass is 19.3. The molecule has 1 amide bonds. The standard InChI is InChI=1S/C27H31F2N7O/c1-25(10-3-4-21(35-25)26(2,28)29)36-22-19(23(37)32-17-5-6-17)15-30-24(34-22)33-18-7-8-20-16(14-18)9-13-31-27(20)11-12-27/h3-4,7-8,14-15,17,31H,5-6,9-13H2,1-2H3,(H,32,37)(H2,30,33,34,36). The highest BCUT2D eigenvalue weighted by Crippen LogP contribution is 2.49. The highest BCUT2D eigenvalue weighted by molar-refractivity contribution is 6.02. The number of fused-ring (bicyclic) bond motifs is 2. The van der Waals surface area contributed by atoms with Gasteiger partial charge in [-0.15, -0.1) is 0 Å². The van der Waals surface area contributed by atoms with Crippen molar-refractivity contribution in [2.24, 2.45) is 4.99 Å². The monoisotopic (exact) mass is 507 g/mol. The van der Waals surface area contributed by atoms with Crippen molar-refractivity contribution >= 4 is 29.1 Å². The van der Waals surface area contributed by atoms with Crippen molar-refractivity contribution in [1.82, 2.24) is 20.6 Å². The molecular formula is C27H31F2N7O. The van der Waals surface area contributed by atoms with Crippen LogP contribution < -0.4 is 21.3 Å². The van der Waals surface area contributed by atoms with Gasteiger partial charge in [-0.25, -0.2) is 4.98 Å². The summed E-state index contributed by atoms with van der Waals surface area (Å²) in [6, 6.07) is 6.45. The van der Waals surface area contributed by atoms with Crippen molar-refractivity contribution in [1.29, 1.82) is 0 Å². The maximum absolute atomic E-state index is 14.0. The number of allylic oxidation sites excluding steroid dienone is 1. The fourth-order valence-corrected chi connectivity index (χ4v) is 5.10. The van der Waals surface area contributed by atoms with Gasteiger partial charge in [0, 0.05) is 43.4 Å². The first-order valence-corrected chi connectivity index (χ1v) is 12.9. The molecule has 1 aromatic heterocycles. The first-order chi connectivity index (χ1) is 17.6. The van der Waals surface area contributed by atoms with Crippen molar-refractivity contribution in [2.45, 2.75) is 75.5 Å². The molecule has 10 heteroatoms. The van der Waals surface area contributed by atoms with Crippen LogP contribution in [0.1, 0.15) is 67.4 Å². The van der Waals surface area contributed by atoms with Gasteiger partial charge >= 0.3 is 0 Å². The SMILES string of the molecule is CC1(Nc2nc(Nc3ccc4c(c3)CCNC43CC3)ncc2C(=O)NC2CC2)CC=CC(C(C)(F)F)=N1. The molecule has 37 heavy (non-hydrogen) atoms. The van der Waals surface area contributed by atoms with E-state index in [1.165, 1.54) is 23.4 Å². The lowest BCUT2D eigenvalue weighted by Gasteiger charge is -2.31. The van der Waals surface area contributed by atoms with E-state index in [4.69, 9.17) is 0 Å². The van der Waals surface area contributed by atoms with Crippen molar-refractivity contribution in [2.75, 3.05) is 17.2 Å². The Morgan fingerprint density at radius 2 is 2.05 bits per heavy atom. The van der Waals surface area contributed by atoms with Gasteiger partial charge in [0.25, 0.3) is 11.8 Å². The first-order valence-electron chi connectivity index (χ1n) is 12.9. The van der Waals surface area contributed by atoms with E-state index < -0.39 is 11.6 Å². The summed E-state index contributed by atoms with van der Waals surface area (Å²) in [6.45, 7) is 3.49. The molecule has 2 aliphatic carbocycles. The third-order valence-corrected chi connectivity index (χ3v) is 7.43. The van der Waals surface area contributed by atoms with Crippen LogP contribution in [0, 0.1) is 0 Å². The second-order valence-electron chi connectivity index (χ2n) is 10.9. The fourth-order valence-electron chi connectivity index (χ4n) is 5.10. The molecule has 194 valence electrons. The Labute approximate surface area is 214 Å². The number of rotatable bonds is 7. The molecule has 0 radical (unpaired) electrons. The molecule has 0 bridgehead atoms. The summed E-state index contributed by atoms with van der Waals surface area (Å²) < 4.78 is 28.0. The molecule has 1 atom stereocenters. The Balaban J connectivity index is 1.29. The normalized spacial score (nSPS) is 23.7. The zero-order chi connectivity index (χ0) is 25.8. The average molecular weight is 508 g/mol. The van der Waals surface area contributed by atoms with Crippen LogP contribution in [0.3, 0.4) is 0 Å². The summed E-state index contributed by atoms with van der Waals surface area (Å²) in [5.41, 5.74) is 2.51. The lowest BCUT2D eigenvalue weighted by Crippen LogP contribution is -2.39. The lowest BCUT2D eigenvalue weighted by molar-refractivity contribution is 0.0949. The third-order valence-electron chi connectivity index (χ3n) is 7.43. The minimum atomic E-state index is -3.08. The Bertz CT molecular complexity index is 1310. The predicted octanol–water partition coefficient (Wildman–Crippen LogP) is 4.43. The molecule has 4 N–H and O–H groups in total. The number of hydrogen-bond acceptors (Lipinski definition) is 7. The minimum Gasteiger partial charge on any atom is -0.349 e. The fraction of sp³-hybridized carbons (Fsp3) is 0.481. The highest BCUT2D eigenvalue weighted by Gasteiger charge is 2.46. The number of amides is 1. The van der Waals surface area contributed by atoms with Gasteiger partial charge in [-0.1, -0.05) is 12.1 Å². The van der Waals surface area contributed by atoms with E-state index in [0.717, 1.165) is 51.3 Å². The van der Waals surface area contributed by atoms with E-state index in [1.807, 2.05) is 6.07 Å². The van der Waals surface area contributed by atoms with Gasteiger partial charge in [-0.2, -0.15) is 13.8 Å². The molecular weight excluding hydrogens is 476 g/mol. The largest absolute Gasteiger partial charge is 0.349 e. The second kappa shape index (κ2) is 8.58. The number of aromatic nitrogens is 2. The third kappa shape index (κ3) is 4.94. The molecule has 3 heterocycles. The summed E-state index contributed by atoms with van der Waals surface area (Å²) in [5.74, 6) is -2.83. The first kappa shape index (κ1) is 24.0. The Morgan fingerprint density at radius 3 is 2.78 bits per heavy atom. The van der Waals surface area contributed by atoms with Gasteiger partial charge in [0.15, 0.2) is 0 Å². The summed E-state index contributed by atoms with van der Waals surface area (Å²) in [4.78, 5) is 26.3. The molecule has 2 saturated carbocycles. The summed E-state index contributed by atoms with van der Waals surface area (Å²) >= 11 is 0. The number of alkyl halides is 2. The van der Waals surface area contributed by atoms with Crippen LogP contribution in [-0.2, 0) is 12.0 Å². The predicted molar refractivity (Wildman–Crippen MR) is 139 cm³/mol. The number of hydrogen-bond donors (Lipinski definition) is 4. The van der Waals surface area contributed by atoms with Crippen LogP contribution >= 0.6 is 0 Å². The zero-order valence-electron chi connectivity index (χ0n) is 21.0. The van der Waals surface area contributed by atoms with Crippen molar-refractivity contribution < 1.29 is 13.6 Å². The number of anilines is 3. The Morgan fingerprint density at radius 1 is 1.24 bits per heavy atom. The molecule has 1 spiro atoms. The van der Waals surface area contributed by atoms with E-state index in [1.54, 1.807) is 13.0 Å². The number of carbonyl (C=O) groups is 1. The number of carbonyl (C=O) groups excluding carboxylic acids is 1. The van der Waals surface area contributed by atoms with Gasteiger partial charge < -0.3 is 21.3 Å². The van der Waals surface area contributed by atoms with Crippen LogP contribution in [-0.4, -0.2) is 45.8 Å². The maximum Gasteiger partial charge on any atom is 0.286 e. The quantitative estimate of drug-likeness (QED) is 0.442. The second-order valence-corrected chi connectivity index (χ2v) is 10.9. The number of dihydropyridines is 1. The maximum atomic E-state index is 14.0. The van der Waals surface area contributed by atoms with Gasteiger partial charge in [-0.3, -0.25) is 9.79 Å². The van der Waals surface area contributed by atoms with Gasteiger partial charge in [0.05, 0.1) is 0 Å². The molecule has 2 aromatic rings. The molecule has 0 saturated heterocycles. The molecule has 6 rings (SSSR count). The van der Waals surface area contributed by atoms with Crippen LogP contribution in [0.4, 0.5) is 26.2 Å². The topological polar surface area (TPSA) is 103 Å². The lowest BCUT2D eigenvalue weighted by atomic mass is 9.92. The van der Waals surface area contributed by atoms with E-state index in [0.29, 0.717) is 12.4 Å². The number of halogens is 2. The Hall–Kier alpha value is -3.40. The smallest absolute Gasteiger partial charge is 0.286 e. The molecule has 8 nitrogen and oxygen atoms in total. The van der Waals surface area contributed by atoms with E-state index in [9.17, 15) is 13.6 Å². The van der Waals surface area contributed by atoms with Crippen molar-refractivity contribution in [3.8, 4) is 0 Å². The number of benzene rings is 1.